The molecule has 113 heavy (non-hydrogen) atoms. The molecule has 0 amide bonds. The Morgan fingerprint density at radius 3 is 1.02 bits per heavy atom. The van der Waals surface area contributed by atoms with Crippen molar-refractivity contribution in [3.63, 3.8) is 0 Å². The second kappa shape index (κ2) is 28.8. The predicted octanol–water partition coefficient (Wildman–Crippen LogP) is 30.9. The lowest BCUT2D eigenvalue weighted by Gasteiger charge is -2.28. The van der Waals surface area contributed by atoms with Gasteiger partial charge in [-0.3, -0.25) is 0 Å². The van der Waals surface area contributed by atoms with Crippen molar-refractivity contribution in [3.8, 4) is 100 Å². The highest BCUT2D eigenvalue weighted by Gasteiger charge is 2.37. The third-order valence-electron chi connectivity index (χ3n) is 22.8. The highest BCUT2D eigenvalue weighted by Crippen LogP contribution is 2.53. The van der Waals surface area contributed by atoms with Crippen molar-refractivity contribution in [1.29, 1.82) is 0 Å². The highest BCUT2D eigenvalue weighted by atomic mass is 16.3. The van der Waals surface area contributed by atoms with Gasteiger partial charge < -0.3 is 18.6 Å². The van der Waals surface area contributed by atoms with Gasteiger partial charge in [0.15, 0.2) is 0 Å². The fourth-order valence-electron chi connectivity index (χ4n) is 16.9. The molecular weight excluding hydrogens is 1370 g/mol. The van der Waals surface area contributed by atoms with Crippen LogP contribution in [0.2, 0.25) is 0 Å². The largest absolute Gasteiger partial charge is 0.456 e. The van der Waals surface area contributed by atoms with Crippen molar-refractivity contribution in [2.75, 3.05) is 9.80 Å². The molecule has 1 aliphatic carbocycles. The Labute approximate surface area is 658 Å². The van der Waals surface area contributed by atoms with Crippen LogP contribution in [0.25, 0.3) is 155 Å². The van der Waals surface area contributed by atoms with Crippen LogP contribution in [0.4, 0.5) is 34.1 Å². The molecule has 0 fully saturated rings. The van der Waals surface area contributed by atoms with E-state index in [0.717, 1.165) is 89.1 Å². The second-order valence-electron chi connectivity index (χ2n) is 29.9. The summed E-state index contributed by atoms with van der Waals surface area (Å²) in [5.41, 5.74) is 34.4. The molecule has 20 aromatic rings. The molecule has 1 aliphatic rings. The van der Waals surface area contributed by atoms with Gasteiger partial charge in [-0.25, -0.2) is 0 Å². The molecule has 0 aliphatic heterocycles. The summed E-state index contributed by atoms with van der Waals surface area (Å²) in [6.07, 6.45) is 0. The van der Waals surface area contributed by atoms with Gasteiger partial charge in [-0.15, -0.1) is 0 Å². The number of para-hydroxylation sites is 3. The van der Waals surface area contributed by atoms with Crippen LogP contribution in [-0.2, 0) is 5.41 Å². The zero-order chi connectivity index (χ0) is 75.4. The van der Waals surface area contributed by atoms with Crippen molar-refractivity contribution in [2.45, 2.75) is 19.3 Å². The molecule has 0 saturated heterocycles. The van der Waals surface area contributed by atoms with Gasteiger partial charge in [0.05, 0.1) is 5.69 Å². The molecule has 0 bridgehead atoms. The Kier molecular flexibility index (Phi) is 17.3. The quantitative estimate of drug-likeness (QED) is 0.109. The number of anilines is 6. The zero-order valence-electron chi connectivity index (χ0n) is 62.6. The number of fused-ring (bicyclic) bond motifs is 10. The average Bonchev–Trinajstić information content (AvgIpc) is 1.57. The van der Waals surface area contributed by atoms with Gasteiger partial charge in [0.2, 0.25) is 0 Å². The third-order valence-corrected chi connectivity index (χ3v) is 22.8. The molecule has 2 aromatic heterocycles. The van der Waals surface area contributed by atoms with Gasteiger partial charge >= 0.3 is 0 Å². The summed E-state index contributed by atoms with van der Waals surface area (Å²) in [7, 11) is 0. The maximum Gasteiger partial charge on any atom is 0.143 e. The van der Waals surface area contributed by atoms with E-state index in [4.69, 9.17) is 8.83 Å². The highest BCUT2D eigenvalue weighted by molar-refractivity contribution is 6.10. The zero-order valence-corrected chi connectivity index (χ0v) is 62.6. The van der Waals surface area contributed by atoms with E-state index in [9.17, 15) is 0 Å². The molecule has 0 saturated carbocycles. The number of hydrogen-bond acceptors (Lipinski definition) is 4. The van der Waals surface area contributed by atoms with Gasteiger partial charge in [-0.2, -0.15) is 0 Å². The molecule has 21 rings (SSSR count). The maximum atomic E-state index is 6.50. The minimum absolute atomic E-state index is 0.240. The maximum absolute atomic E-state index is 6.50. The van der Waals surface area contributed by atoms with Crippen molar-refractivity contribution in [3.05, 3.63) is 436 Å². The van der Waals surface area contributed by atoms with E-state index < -0.39 is 0 Å². The smallest absolute Gasteiger partial charge is 0.143 e. The van der Waals surface area contributed by atoms with E-state index in [2.05, 4.69) is 430 Å². The Morgan fingerprint density at radius 2 is 0.522 bits per heavy atom. The first-order chi connectivity index (χ1) is 55.7. The van der Waals surface area contributed by atoms with Crippen LogP contribution < -0.4 is 9.80 Å². The van der Waals surface area contributed by atoms with E-state index in [1.165, 1.54) is 111 Å². The van der Waals surface area contributed by atoms with E-state index >= 15 is 0 Å². The molecule has 0 radical (unpaired) electrons. The van der Waals surface area contributed by atoms with E-state index in [0.29, 0.717) is 0 Å². The molecule has 4 heteroatoms. The van der Waals surface area contributed by atoms with Gasteiger partial charge in [0.25, 0.3) is 0 Å². The predicted molar refractivity (Wildman–Crippen MR) is 475 cm³/mol. The minimum Gasteiger partial charge on any atom is -0.456 e. The fraction of sp³-hybridized carbons (Fsp3) is 0.0275. The van der Waals surface area contributed by atoms with Crippen LogP contribution in [0.3, 0.4) is 0 Å². The Bertz CT molecular complexity index is 6730. The normalized spacial score (nSPS) is 12.1. The molecule has 2 heterocycles. The lowest BCUT2D eigenvalue weighted by molar-refractivity contribution is 0.660. The third kappa shape index (κ3) is 12.8. The van der Waals surface area contributed by atoms with Crippen molar-refractivity contribution >= 4 is 88.8 Å². The Hall–Kier alpha value is -14.6. The SMILES string of the molecule is CC1(C)c2cc(-c3cccc4c3oc3ccccc34)ccc2-c2ccc(N(c3ccc(-c4ccc(-c5ccccc5)cc4)cc3)c3ccc(-c4ccc(-c5ccccc5)cc4)cc3)cc21.c1ccc(-c2ccc(-c3ccc(N(c4ccc(-c5ccc6oc7ccccc7c6c5)cc4)c4cccc5ccccc45)cc3)cc2)cc1. The van der Waals surface area contributed by atoms with E-state index in [1.54, 1.807) is 0 Å². The summed E-state index contributed by atoms with van der Waals surface area (Å²) in [5, 5.41) is 7.00. The number of hydrogen-bond donors (Lipinski definition) is 0. The van der Waals surface area contributed by atoms with E-state index in [1.807, 2.05) is 18.2 Å². The monoisotopic (exact) mass is 1440 g/mol. The van der Waals surface area contributed by atoms with Crippen molar-refractivity contribution in [1.82, 2.24) is 0 Å². The second-order valence-corrected chi connectivity index (χ2v) is 29.9. The summed E-state index contributed by atoms with van der Waals surface area (Å²) in [5.74, 6) is 0. The summed E-state index contributed by atoms with van der Waals surface area (Å²) in [4.78, 5) is 4.76. The Morgan fingerprint density at radius 1 is 0.195 bits per heavy atom. The molecule has 0 N–H and O–H groups in total. The van der Waals surface area contributed by atoms with Crippen molar-refractivity contribution < 1.29 is 8.83 Å². The van der Waals surface area contributed by atoms with Crippen LogP contribution in [0.5, 0.6) is 0 Å². The molecular formula is C109H76N2O2. The van der Waals surface area contributed by atoms with Crippen LogP contribution in [0.15, 0.2) is 433 Å². The lowest BCUT2D eigenvalue weighted by Crippen LogP contribution is -2.16. The standard InChI is InChI=1S/C63H45NO.C46H31NO/c1-63(2)59-40-50(54-17-11-18-58-57-16-9-10-19-61(57)65-62(54)58)32-38-55(59)56-39-37-53(41-60(56)63)64(51-33-28-48(29-34-51)46-24-20-44(21-25-46)42-12-5-3-6-13-42)52-35-30-49(31-36-52)47-26-22-45(23-27-47)43-14-7-4-8-15-43;1-2-9-32(10-3-1)33-17-19-34(20-18-33)35-21-26-39(27-22-35)47(44-15-8-12-37-11-4-5-13-41(37)44)40-28-23-36(24-29-40)38-25-30-46-43(31-38)42-14-6-7-16-45(42)48-46/h3-41H,1-2H3;1-31H. The minimum atomic E-state index is -0.240. The van der Waals surface area contributed by atoms with Crippen molar-refractivity contribution in [2.24, 2.45) is 0 Å². The molecule has 0 unspecified atom stereocenters. The molecule has 0 atom stereocenters. The van der Waals surface area contributed by atoms with E-state index in [-0.39, 0.29) is 5.41 Å². The molecule has 0 spiro atoms. The number of nitrogens with zero attached hydrogens (tertiary/aromatic N) is 2. The number of rotatable bonds is 14. The topological polar surface area (TPSA) is 32.8 Å². The first-order valence-corrected chi connectivity index (χ1v) is 38.8. The molecule has 18 aromatic carbocycles. The summed E-state index contributed by atoms with van der Waals surface area (Å²) in [6.45, 7) is 4.74. The van der Waals surface area contributed by atoms with Gasteiger partial charge in [0.1, 0.15) is 22.3 Å². The first kappa shape index (κ1) is 67.7. The van der Waals surface area contributed by atoms with Gasteiger partial charge in [-0.05, 0) is 208 Å². The molecule has 534 valence electrons. The van der Waals surface area contributed by atoms with Crippen LogP contribution in [0.1, 0.15) is 25.0 Å². The summed E-state index contributed by atoms with van der Waals surface area (Å²) in [6, 6.07) is 153. The van der Waals surface area contributed by atoms with Gasteiger partial charge in [0, 0.05) is 66.3 Å². The fourth-order valence-corrected chi connectivity index (χ4v) is 16.9. The average molecular weight is 1450 g/mol. The number of benzene rings is 18. The summed E-state index contributed by atoms with van der Waals surface area (Å²) >= 11 is 0. The van der Waals surface area contributed by atoms with Crippen LogP contribution in [0, 0.1) is 0 Å². The van der Waals surface area contributed by atoms with Gasteiger partial charge in [-0.1, -0.05) is 341 Å². The van der Waals surface area contributed by atoms with Crippen LogP contribution in [-0.4, -0.2) is 0 Å². The van der Waals surface area contributed by atoms with Crippen LogP contribution >= 0.6 is 0 Å². The molecule has 4 nitrogen and oxygen atoms in total. The Balaban J connectivity index is 0.000000154. The summed E-state index contributed by atoms with van der Waals surface area (Å²) < 4.78 is 12.6. The number of furan rings is 2. The lowest BCUT2D eigenvalue weighted by atomic mass is 9.81. The first-order valence-electron chi connectivity index (χ1n) is 38.8.